The number of benzene rings is 1. The quantitative estimate of drug-likeness (QED) is 0.654. The van der Waals surface area contributed by atoms with E-state index >= 15 is 0 Å². The summed E-state index contributed by atoms with van der Waals surface area (Å²) in [5.74, 6) is 0.385. The van der Waals surface area contributed by atoms with Gasteiger partial charge in [-0.3, -0.25) is 4.79 Å². The molecule has 1 saturated heterocycles. The number of pyridine rings is 2. The summed E-state index contributed by atoms with van der Waals surface area (Å²) in [5, 5.41) is 4.33. The maximum absolute atomic E-state index is 13.3. The number of carbonyl (C=O) groups excluding carboxylic acids is 1. The molecular formula is C23H27ClN4O2. The fourth-order valence-electron chi connectivity index (χ4n) is 3.53. The molecule has 158 valence electrons. The number of nitrogens with zero attached hydrogens (tertiary/aromatic N) is 3. The number of aryl methyl sites for hydroxylation is 1. The van der Waals surface area contributed by atoms with Crippen molar-refractivity contribution in [1.82, 2.24) is 14.9 Å². The van der Waals surface area contributed by atoms with E-state index in [0.29, 0.717) is 43.4 Å². The predicted octanol–water partition coefficient (Wildman–Crippen LogP) is 4.70. The van der Waals surface area contributed by atoms with Crippen molar-refractivity contribution in [3.05, 3.63) is 59.4 Å². The molecule has 0 radical (unpaired) electrons. The lowest BCUT2D eigenvalue weighted by Gasteiger charge is -2.28. The Morgan fingerprint density at radius 1 is 1.17 bits per heavy atom. The molecule has 7 heteroatoms. The number of hydrogen-bond acceptors (Lipinski definition) is 5. The molecule has 0 aliphatic carbocycles. The Kier molecular flexibility index (Phi) is 6.90. The van der Waals surface area contributed by atoms with Crippen molar-refractivity contribution in [2.24, 2.45) is 0 Å². The van der Waals surface area contributed by atoms with Crippen LogP contribution in [-0.4, -0.2) is 47.1 Å². The van der Waals surface area contributed by atoms with Gasteiger partial charge in [-0.1, -0.05) is 26.0 Å². The molecule has 30 heavy (non-hydrogen) atoms. The highest BCUT2D eigenvalue weighted by Crippen LogP contribution is 2.31. The first kappa shape index (κ1) is 22.0. The zero-order valence-corrected chi connectivity index (χ0v) is 18.3. The molecule has 1 aromatic carbocycles. The van der Waals surface area contributed by atoms with Gasteiger partial charge < -0.3 is 15.0 Å². The number of hydrogen-bond donors (Lipinski definition) is 1. The molecule has 1 amide bonds. The standard InChI is InChI=1S/C23H26N4O2.ClH/c1-15(2)17-5-4-6-18(13-17)26-21-19-8-7-16(3)25-22(19)24-14-20(21)23(28)27-9-11-29-12-10-27;/h4-8,13-15H,9-12H2,1-3H3,(H,24,25,26);1H. The Balaban J connectivity index is 0.00000256. The van der Waals surface area contributed by atoms with E-state index in [1.54, 1.807) is 6.20 Å². The summed E-state index contributed by atoms with van der Waals surface area (Å²) in [6.45, 7) is 8.57. The van der Waals surface area contributed by atoms with Gasteiger partial charge >= 0.3 is 0 Å². The maximum atomic E-state index is 13.3. The van der Waals surface area contributed by atoms with Crippen molar-refractivity contribution in [3.8, 4) is 0 Å². The molecule has 0 atom stereocenters. The van der Waals surface area contributed by atoms with E-state index in [2.05, 4.69) is 41.3 Å². The Morgan fingerprint density at radius 2 is 1.93 bits per heavy atom. The van der Waals surface area contributed by atoms with Crippen molar-refractivity contribution < 1.29 is 9.53 Å². The third-order valence-corrected chi connectivity index (χ3v) is 5.22. The molecule has 3 heterocycles. The minimum atomic E-state index is -0.0363. The van der Waals surface area contributed by atoms with Crippen LogP contribution in [0.5, 0.6) is 0 Å². The first-order valence-corrected chi connectivity index (χ1v) is 10.0. The van der Waals surface area contributed by atoms with E-state index in [9.17, 15) is 4.79 Å². The summed E-state index contributed by atoms with van der Waals surface area (Å²) in [5.41, 5.74) is 5.01. The Hall–Kier alpha value is -2.70. The van der Waals surface area contributed by atoms with Gasteiger partial charge in [-0.15, -0.1) is 12.4 Å². The van der Waals surface area contributed by atoms with Gasteiger partial charge in [-0.05, 0) is 42.7 Å². The van der Waals surface area contributed by atoms with Crippen LogP contribution in [0.1, 0.15) is 41.4 Å². The van der Waals surface area contributed by atoms with Crippen LogP contribution >= 0.6 is 12.4 Å². The van der Waals surface area contributed by atoms with Crippen molar-refractivity contribution in [2.45, 2.75) is 26.7 Å². The van der Waals surface area contributed by atoms with Crippen LogP contribution in [0.2, 0.25) is 0 Å². The van der Waals surface area contributed by atoms with Crippen molar-refractivity contribution >= 4 is 40.7 Å². The topological polar surface area (TPSA) is 67.4 Å². The second-order valence-electron chi connectivity index (χ2n) is 7.68. The van der Waals surface area contributed by atoms with Crippen molar-refractivity contribution in [2.75, 3.05) is 31.6 Å². The highest BCUT2D eigenvalue weighted by atomic mass is 35.5. The molecule has 0 bridgehead atoms. The first-order chi connectivity index (χ1) is 14.0. The third-order valence-electron chi connectivity index (χ3n) is 5.22. The van der Waals surface area contributed by atoms with E-state index in [-0.39, 0.29) is 18.3 Å². The largest absolute Gasteiger partial charge is 0.378 e. The highest BCUT2D eigenvalue weighted by molar-refractivity contribution is 6.07. The molecule has 4 rings (SSSR count). The van der Waals surface area contributed by atoms with Crippen molar-refractivity contribution in [3.63, 3.8) is 0 Å². The van der Waals surface area contributed by atoms with Gasteiger partial charge in [0.1, 0.15) is 0 Å². The van der Waals surface area contributed by atoms with Crippen LogP contribution in [0.15, 0.2) is 42.6 Å². The Labute approximate surface area is 183 Å². The van der Waals surface area contributed by atoms with Gasteiger partial charge in [-0.2, -0.15) is 0 Å². The lowest BCUT2D eigenvalue weighted by atomic mass is 10.0. The third kappa shape index (κ3) is 4.55. The Bertz CT molecular complexity index is 1050. The molecule has 6 nitrogen and oxygen atoms in total. The fraction of sp³-hybridized carbons (Fsp3) is 0.348. The van der Waals surface area contributed by atoms with Gasteiger partial charge in [0.25, 0.3) is 5.91 Å². The summed E-state index contributed by atoms with van der Waals surface area (Å²) in [6, 6.07) is 12.2. The van der Waals surface area contributed by atoms with Gasteiger partial charge in [0.2, 0.25) is 0 Å². The van der Waals surface area contributed by atoms with Crippen LogP contribution < -0.4 is 5.32 Å². The number of fused-ring (bicyclic) bond motifs is 1. The van der Waals surface area contributed by atoms with E-state index in [1.165, 1.54) is 5.56 Å². The average molecular weight is 427 g/mol. The number of nitrogens with one attached hydrogen (secondary N) is 1. The number of carbonyl (C=O) groups is 1. The summed E-state index contributed by atoms with van der Waals surface area (Å²) in [7, 11) is 0. The van der Waals surface area contributed by atoms with Crippen LogP contribution in [-0.2, 0) is 4.74 Å². The molecular weight excluding hydrogens is 400 g/mol. The number of amides is 1. The number of halogens is 1. The lowest BCUT2D eigenvalue weighted by Crippen LogP contribution is -2.41. The minimum Gasteiger partial charge on any atom is -0.378 e. The van der Waals surface area contributed by atoms with Crippen molar-refractivity contribution in [1.29, 1.82) is 0 Å². The van der Waals surface area contributed by atoms with Gasteiger partial charge in [-0.25, -0.2) is 9.97 Å². The van der Waals surface area contributed by atoms with Crippen LogP contribution in [0, 0.1) is 6.92 Å². The van der Waals surface area contributed by atoms with E-state index in [0.717, 1.165) is 22.5 Å². The van der Waals surface area contributed by atoms with Gasteiger partial charge in [0.15, 0.2) is 5.65 Å². The van der Waals surface area contributed by atoms with E-state index in [4.69, 9.17) is 4.74 Å². The van der Waals surface area contributed by atoms with Gasteiger partial charge in [0, 0.05) is 36.1 Å². The molecule has 0 saturated carbocycles. The monoisotopic (exact) mass is 426 g/mol. The maximum Gasteiger partial charge on any atom is 0.257 e. The molecule has 3 aromatic rings. The number of rotatable bonds is 4. The summed E-state index contributed by atoms with van der Waals surface area (Å²) >= 11 is 0. The average Bonchev–Trinajstić information content (AvgIpc) is 2.74. The Morgan fingerprint density at radius 3 is 2.67 bits per heavy atom. The number of aromatic nitrogens is 2. The number of morpholine rings is 1. The van der Waals surface area contributed by atoms with Gasteiger partial charge in [0.05, 0.1) is 24.5 Å². The molecule has 0 unspecified atom stereocenters. The minimum absolute atomic E-state index is 0. The predicted molar refractivity (Wildman–Crippen MR) is 122 cm³/mol. The number of anilines is 2. The van der Waals surface area contributed by atoms with E-state index in [1.807, 2.05) is 36.1 Å². The van der Waals surface area contributed by atoms with Crippen LogP contribution in [0.4, 0.5) is 11.4 Å². The first-order valence-electron chi connectivity index (χ1n) is 10.0. The zero-order valence-electron chi connectivity index (χ0n) is 17.5. The summed E-state index contributed by atoms with van der Waals surface area (Å²) < 4.78 is 5.40. The smallest absolute Gasteiger partial charge is 0.257 e. The number of ether oxygens (including phenoxy) is 1. The highest BCUT2D eigenvalue weighted by Gasteiger charge is 2.23. The second-order valence-corrected chi connectivity index (χ2v) is 7.68. The molecule has 0 spiro atoms. The molecule has 1 aliphatic rings. The lowest BCUT2D eigenvalue weighted by molar-refractivity contribution is 0.0303. The van der Waals surface area contributed by atoms with E-state index < -0.39 is 0 Å². The molecule has 1 N–H and O–H groups in total. The molecule has 1 aliphatic heterocycles. The summed E-state index contributed by atoms with van der Waals surface area (Å²) in [6.07, 6.45) is 1.64. The molecule has 2 aromatic heterocycles. The summed E-state index contributed by atoms with van der Waals surface area (Å²) in [4.78, 5) is 24.1. The SMILES string of the molecule is Cc1ccc2c(Nc3cccc(C(C)C)c3)c(C(=O)N3CCOCC3)cnc2n1.Cl. The zero-order chi connectivity index (χ0) is 20.4. The molecule has 1 fully saturated rings. The second kappa shape index (κ2) is 9.41. The normalized spacial score (nSPS) is 13.9. The van der Waals surface area contributed by atoms with Crippen LogP contribution in [0.25, 0.3) is 11.0 Å². The fourth-order valence-corrected chi connectivity index (χ4v) is 3.53. The van der Waals surface area contributed by atoms with Crippen LogP contribution in [0.3, 0.4) is 0 Å².